The zero-order valence-electron chi connectivity index (χ0n) is 17.8. The van der Waals surface area contributed by atoms with E-state index in [0.29, 0.717) is 5.06 Å². The molecular weight excluding hydrogens is 449 g/mol. The lowest BCUT2D eigenvalue weighted by atomic mass is 10.5. The van der Waals surface area contributed by atoms with Crippen molar-refractivity contribution in [3.63, 3.8) is 0 Å². The minimum Gasteiger partial charge on any atom is -0.432 e. The summed E-state index contributed by atoms with van der Waals surface area (Å²) in [6.07, 6.45) is -3.11. The fourth-order valence-electron chi connectivity index (χ4n) is 1.25. The Hall–Kier alpha value is -2.65. The highest BCUT2D eigenvalue weighted by Gasteiger charge is 2.31. The Morgan fingerprint density at radius 1 is 0.935 bits per heavy atom. The summed E-state index contributed by atoms with van der Waals surface area (Å²) < 4.78 is 43.1. The number of hydrogen-bond acceptors (Lipinski definition) is 13. The lowest BCUT2D eigenvalue weighted by molar-refractivity contribution is -0.306. The largest absolute Gasteiger partial charge is 0.511 e. The molecule has 31 heavy (non-hydrogen) atoms. The van der Waals surface area contributed by atoms with Gasteiger partial charge in [0.1, 0.15) is 0 Å². The average Bonchev–Trinajstić information content (AvgIpc) is 2.61. The van der Waals surface area contributed by atoms with Crippen LogP contribution in [0.5, 0.6) is 0 Å². The van der Waals surface area contributed by atoms with E-state index in [4.69, 9.17) is 5.73 Å². The molecule has 0 rings (SSSR count). The van der Waals surface area contributed by atoms with E-state index in [0.717, 1.165) is 14.0 Å². The molecule has 0 aliphatic heterocycles. The Morgan fingerprint density at radius 2 is 1.35 bits per heavy atom. The zero-order valence-corrected chi connectivity index (χ0v) is 18.7. The Morgan fingerprint density at radius 3 is 1.71 bits per heavy atom. The molecule has 16 nitrogen and oxygen atoms in total. The van der Waals surface area contributed by atoms with E-state index in [1.165, 1.54) is 0 Å². The molecular formula is C14H26N3O13P. The van der Waals surface area contributed by atoms with Crippen molar-refractivity contribution in [2.75, 3.05) is 20.6 Å². The number of carbonyl (C=O) groups is 3. The summed E-state index contributed by atoms with van der Waals surface area (Å²) in [5.74, 6) is -1.43. The maximum Gasteiger partial charge on any atom is 0.511 e. The van der Waals surface area contributed by atoms with Crippen molar-refractivity contribution < 1.29 is 61.9 Å². The van der Waals surface area contributed by atoms with Crippen molar-refractivity contribution in [2.24, 2.45) is 10.5 Å². The topological polar surface area (TPSA) is 193 Å². The van der Waals surface area contributed by atoms with Crippen LogP contribution in [0.1, 0.15) is 34.6 Å². The highest BCUT2D eigenvalue weighted by atomic mass is 31.2. The van der Waals surface area contributed by atoms with Gasteiger partial charge in [-0.15, -0.1) is 14.1 Å². The van der Waals surface area contributed by atoms with Gasteiger partial charge in [0, 0.05) is 14.0 Å². The van der Waals surface area contributed by atoms with Crippen molar-refractivity contribution in [2.45, 2.75) is 46.8 Å². The molecule has 0 saturated carbocycles. The minimum absolute atomic E-state index is 0.458. The molecule has 0 saturated heterocycles. The van der Waals surface area contributed by atoms with Crippen LogP contribution in [0, 0.1) is 0 Å². The highest BCUT2D eigenvalue weighted by Crippen LogP contribution is 2.50. The molecule has 0 aromatic carbocycles. The van der Waals surface area contributed by atoms with Crippen LogP contribution in [0.25, 0.3) is 0 Å². The normalized spacial score (nSPS) is 11.8. The molecule has 0 aromatic rings. The summed E-state index contributed by atoms with van der Waals surface area (Å²) in [4.78, 5) is 46.9. The monoisotopic (exact) mass is 475 g/mol. The van der Waals surface area contributed by atoms with Gasteiger partial charge in [-0.25, -0.2) is 14.2 Å². The van der Waals surface area contributed by atoms with E-state index in [2.05, 4.69) is 47.7 Å². The fraction of sp³-hybridized carbons (Fsp3) is 0.714. The van der Waals surface area contributed by atoms with Crippen molar-refractivity contribution in [1.29, 1.82) is 0 Å². The molecule has 0 radical (unpaired) electrons. The summed E-state index contributed by atoms with van der Waals surface area (Å²) in [6, 6.07) is 0. The van der Waals surface area contributed by atoms with Gasteiger partial charge in [0.05, 0.1) is 12.2 Å². The second kappa shape index (κ2) is 14.4. The van der Waals surface area contributed by atoms with Gasteiger partial charge in [-0.05, 0) is 27.7 Å². The predicted octanol–water partition coefficient (Wildman–Crippen LogP) is 1.75. The maximum atomic E-state index is 12.6. The van der Waals surface area contributed by atoms with Gasteiger partial charge in [-0.3, -0.25) is 4.79 Å². The van der Waals surface area contributed by atoms with Gasteiger partial charge in [0.2, 0.25) is 19.5 Å². The third kappa shape index (κ3) is 14.9. The van der Waals surface area contributed by atoms with Crippen LogP contribution < -0.4 is 5.73 Å². The Balaban J connectivity index is 4.91. The molecule has 17 heteroatoms. The predicted molar refractivity (Wildman–Crippen MR) is 98.2 cm³/mol. The van der Waals surface area contributed by atoms with Crippen molar-refractivity contribution >= 4 is 32.0 Å². The van der Waals surface area contributed by atoms with Crippen molar-refractivity contribution in [1.82, 2.24) is 5.06 Å². The SMILES string of the molecule is CC(=O)ON(C)/C(N)=N\P(=O)(OOCOC(=O)OC(C)C)OOCOC(=O)OC(C)C. The first-order chi connectivity index (χ1) is 14.3. The molecule has 0 fully saturated rings. The molecule has 0 aliphatic rings. The first kappa shape index (κ1) is 28.4. The molecule has 0 unspecified atom stereocenters. The van der Waals surface area contributed by atoms with Crippen molar-refractivity contribution in [3.8, 4) is 0 Å². The van der Waals surface area contributed by atoms with Crippen molar-refractivity contribution in [3.05, 3.63) is 0 Å². The lowest BCUT2D eigenvalue weighted by Crippen LogP contribution is -2.35. The van der Waals surface area contributed by atoms with Gasteiger partial charge in [-0.1, -0.05) is 0 Å². The average molecular weight is 475 g/mol. The van der Waals surface area contributed by atoms with E-state index in [9.17, 15) is 18.9 Å². The molecule has 0 aromatic heterocycles. The number of carbonyl (C=O) groups excluding carboxylic acids is 3. The van der Waals surface area contributed by atoms with Crippen LogP contribution in [0.2, 0.25) is 0 Å². The summed E-state index contributed by atoms with van der Waals surface area (Å²) >= 11 is 0. The van der Waals surface area contributed by atoms with Gasteiger partial charge >= 0.3 is 26.0 Å². The van der Waals surface area contributed by atoms with Gasteiger partial charge in [0.25, 0.3) is 0 Å². The first-order valence-corrected chi connectivity index (χ1v) is 10.0. The molecule has 0 aliphatic carbocycles. The summed E-state index contributed by atoms with van der Waals surface area (Å²) in [7, 11) is -3.57. The van der Waals surface area contributed by atoms with E-state index in [1.54, 1.807) is 27.7 Å². The van der Waals surface area contributed by atoms with Crippen LogP contribution in [0.4, 0.5) is 9.59 Å². The van der Waals surface area contributed by atoms with E-state index >= 15 is 0 Å². The Bertz CT molecular complexity index is 636. The lowest BCUT2D eigenvalue weighted by Gasteiger charge is -2.17. The van der Waals surface area contributed by atoms with Gasteiger partial charge in [0.15, 0.2) is 0 Å². The van der Waals surface area contributed by atoms with E-state index in [1.807, 2.05) is 0 Å². The summed E-state index contributed by atoms with van der Waals surface area (Å²) in [5, 5.41) is 0.634. The minimum atomic E-state index is -4.73. The summed E-state index contributed by atoms with van der Waals surface area (Å²) in [6.45, 7) is 5.62. The molecule has 0 bridgehead atoms. The maximum absolute atomic E-state index is 12.6. The quantitative estimate of drug-likeness (QED) is 0.0663. The number of nitrogens with two attached hydrogens (primary N) is 1. The third-order valence-corrected chi connectivity index (χ3v) is 3.26. The Labute approximate surface area is 177 Å². The number of hydrogen-bond donors (Lipinski definition) is 1. The summed E-state index contributed by atoms with van der Waals surface area (Å²) in [5.41, 5.74) is 5.51. The fourth-order valence-corrected chi connectivity index (χ4v) is 2.07. The molecule has 180 valence electrons. The van der Waals surface area contributed by atoms with Crippen LogP contribution in [-0.2, 0) is 52.3 Å². The first-order valence-electron chi connectivity index (χ1n) is 8.52. The van der Waals surface area contributed by atoms with E-state index < -0.39 is 57.8 Å². The zero-order chi connectivity index (χ0) is 24.0. The van der Waals surface area contributed by atoms with Crippen LogP contribution >= 0.6 is 7.75 Å². The van der Waals surface area contributed by atoms with Crippen LogP contribution in [-0.4, -0.2) is 62.1 Å². The Kier molecular flexibility index (Phi) is 13.1. The smallest absolute Gasteiger partial charge is 0.432 e. The van der Waals surface area contributed by atoms with Gasteiger partial charge in [-0.2, -0.15) is 14.8 Å². The number of rotatable bonds is 11. The number of ether oxygens (including phenoxy) is 4. The standard InChI is InChI=1S/C14H26N3O13P/c1-9(2)26-13(19)22-7-24-29-31(21,16-12(15)17(6)28-11(5)18)30-25-8-23-14(20)27-10(3)4/h9-10H,7-8H2,1-6H3,(H2,15,16,21). The number of guanidine groups is 1. The highest BCUT2D eigenvalue weighted by molar-refractivity contribution is 7.52. The van der Waals surface area contributed by atoms with Crippen LogP contribution in [0.3, 0.4) is 0 Å². The molecule has 0 atom stereocenters. The molecule has 2 N–H and O–H groups in total. The molecule has 0 spiro atoms. The second-order valence-corrected chi connectivity index (χ2v) is 7.18. The second-order valence-electron chi connectivity index (χ2n) is 5.75. The number of nitrogens with zero attached hydrogens (tertiary/aromatic N) is 2. The number of hydroxylamine groups is 2. The van der Waals surface area contributed by atoms with Gasteiger partial charge < -0.3 is 29.5 Å². The third-order valence-electron chi connectivity index (χ3n) is 2.22. The van der Waals surface area contributed by atoms with E-state index in [-0.39, 0.29) is 0 Å². The van der Waals surface area contributed by atoms with Crippen LogP contribution in [0.15, 0.2) is 4.76 Å². The molecule has 0 heterocycles. The molecule has 0 amide bonds.